The monoisotopic (exact) mass is 132 g/mol. The molecule has 0 aliphatic rings. The maximum Gasteiger partial charge on any atom is 0.138 e. The summed E-state index contributed by atoms with van der Waals surface area (Å²) in [7, 11) is 0. The van der Waals surface area contributed by atoms with E-state index >= 15 is 0 Å². The molecule has 5 N–H and O–H groups in total. The van der Waals surface area contributed by atoms with Crippen molar-refractivity contribution in [3.8, 4) is 0 Å². The molecule has 0 unspecified atom stereocenters. The van der Waals surface area contributed by atoms with E-state index in [0.717, 1.165) is 6.54 Å². The van der Waals surface area contributed by atoms with E-state index < -0.39 is 0 Å². The van der Waals surface area contributed by atoms with Crippen LogP contribution in [0.3, 0.4) is 0 Å². The minimum absolute atomic E-state index is 0.226. The highest BCUT2D eigenvalue weighted by molar-refractivity contribution is 4.57. The zero-order valence-corrected chi connectivity index (χ0v) is 7.07. The van der Waals surface area contributed by atoms with Crippen molar-refractivity contribution in [2.45, 2.75) is 39.3 Å². The largest absolute Gasteiger partial charge is 0.349 e. The maximum absolute atomic E-state index is 4.01. The molecule has 0 aromatic carbocycles. The second-order valence-corrected chi connectivity index (χ2v) is 3.85. The van der Waals surface area contributed by atoms with Gasteiger partial charge in [0.15, 0.2) is 0 Å². The van der Waals surface area contributed by atoms with Crippen molar-refractivity contribution >= 4 is 0 Å². The molecule has 0 amide bonds. The third kappa shape index (κ3) is 7.92. The Morgan fingerprint density at radius 1 is 1.44 bits per heavy atom. The minimum Gasteiger partial charge on any atom is -0.349 e. The predicted octanol–water partition coefficient (Wildman–Crippen LogP) is -1.02. The molecule has 56 valence electrons. The molecule has 0 aromatic heterocycles. The van der Waals surface area contributed by atoms with Gasteiger partial charge in [0.05, 0.1) is 6.04 Å². The van der Waals surface area contributed by atoms with Crippen LogP contribution < -0.4 is 11.1 Å². The van der Waals surface area contributed by atoms with Gasteiger partial charge in [-0.05, 0) is 27.7 Å². The van der Waals surface area contributed by atoms with Crippen LogP contribution in [-0.4, -0.2) is 18.1 Å². The summed E-state index contributed by atoms with van der Waals surface area (Å²) >= 11 is 0. The highest BCUT2D eigenvalue weighted by Crippen LogP contribution is 1.84. The summed E-state index contributed by atoms with van der Waals surface area (Å²) in [6.07, 6.45) is 0. The van der Waals surface area contributed by atoms with Gasteiger partial charge in [0.25, 0.3) is 0 Å². The molecule has 0 radical (unpaired) electrons. The first-order valence-electron chi connectivity index (χ1n) is 3.60. The summed E-state index contributed by atoms with van der Waals surface area (Å²) in [5.74, 6) is 0. The Morgan fingerprint density at radius 2 is 1.89 bits per heavy atom. The fourth-order valence-corrected chi connectivity index (χ4v) is 0.555. The van der Waals surface area contributed by atoms with Gasteiger partial charge < -0.3 is 11.1 Å². The van der Waals surface area contributed by atoms with Crippen molar-refractivity contribution in [3.63, 3.8) is 0 Å². The average molecular weight is 132 g/mol. The van der Waals surface area contributed by atoms with Crippen LogP contribution in [0.25, 0.3) is 0 Å². The number of hydrogen-bond acceptors (Lipinski definition) is 0. The Balaban J connectivity index is 3.28. The molecular formula is C7H20N2+2. The Hall–Kier alpha value is -0.0800. The summed E-state index contributed by atoms with van der Waals surface area (Å²) < 4.78 is 0. The van der Waals surface area contributed by atoms with Crippen molar-refractivity contribution in [2.24, 2.45) is 0 Å². The molecule has 0 aromatic rings. The fraction of sp³-hybridized carbons (Fsp3) is 1.00. The molecule has 2 heteroatoms. The molecule has 0 atom stereocenters. The van der Waals surface area contributed by atoms with Gasteiger partial charge in [0, 0.05) is 0 Å². The van der Waals surface area contributed by atoms with Gasteiger partial charge >= 0.3 is 0 Å². The second-order valence-electron chi connectivity index (χ2n) is 3.85. The molecule has 0 saturated heterocycles. The Morgan fingerprint density at radius 3 is 2.00 bits per heavy atom. The Kier molecular flexibility index (Phi) is 3.15. The van der Waals surface area contributed by atoms with E-state index in [1.54, 1.807) is 0 Å². The van der Waals surface area contributed by atoms with Gasteiger partial charge in [-0.3, -0.25) is 0 Å². The number of nitrogens with two attached hydrogens (primary N) is 1. The van der Waals surface area contributed by atoms with E-state index in [2.05, 4.69) is 38.7 Å². The second kappa shape index (κ2) is 3.18. The lowest BCUT2D eigenvalue weighted by atomic mass is 10.1. The van der Waals surface area contributed by atoms with Crippen molar-refractivity contribution in [1.82, 2.24) is 0 Å². The van der Waals surface area contributed by atoms with Crippen LogP contribution in [0.5, 0.6) is 0 Å². The molecule has 0 fully saturated rings. The Labute approximate surface area is 57.8 Å². The molecule has 0 aliphatic carbocycles. The summed E-state index contributed by atoms with van der Waals surface area (Å²) in [6.45, 7) is 9.83. The van der Waals surface area contributed by atoms with Crippen molar-refractivity contribution in [3.05, 3.63) is 0 Å². The molecule has 2 nitrogen and oxygen atoms in total. The highest BCUT2D eigenvalue weighted by Gasteiger charge is 2.17. The molecule has 0 rings (SSSR count). The molecule has 0 bridgehead atoms. The fourth-order valence-electron chi connectivity index (χ4n) is 0.555. The third-order valence-corrected chi connectivity index (χ3v) is 1.14. The van der Waals surface area contributed by atoms with Gasteiger partial charge in [-0.1, -0.05) is 0 Å². The van der Waals surface area contributed by atoms with E-state index in [0.29, 0.717) is 6.04 Å². The lowest BCUT2D eigenvalue weighted by Crippen LogP contribution is -2.96. The first-order chi connectivity index (χ1) is 3.92. The van der Waals surface area contributed by atoms with Crippen LogP contribution in [-0.2, 0) is 0 Å². The first-order valence-corrected chi connectivity index (χ1v) is 3.60. The summed E-state index contributed by atoms with van der Waals surface area (Å²) in [5, 5.41) is 2.31. The van der Waals surface area contributed by atoms with Gasteiger partial charge in [-0.25, -0.2) is 0 Å². The summed E-state index contributed by atoms with van der Waals surface area (Å²) in [4.78, 5) is 0. The number of hydrogen-bond donors (Lipinski definition) is 2. The molecule has 0 saturated carbocycles. The van der Waals surface area contributed by atoms with E-state index in [9.17, 15) is 0 Å². The van der Waals surface area contributed by atoms with Crippen LogP contribution in [0.15, 0.2) is 0 Å². The molecule has 9 heavy (non-hydrogen) atoms. The van der Waals surface area contributed by atoms with E-state index in [-0.39, 0.29) is 5.54 Å². The normalized spacial score (nSPS) is 12.7. The number of rotatable bonds is 3. The average Bonchev–Trinajstić information content (AvgIpc) is 1.59. The molecule has 0 spiro atoms. The molecule has 0 heterocycles. The van der Waals surface area contributed by atoms with Crippen molar-refractivity contribution < 1.29 is 11.1 Å². The van der Waals surface area contributed by atoms with Crippen LogP contribution in [0.4, 0.5) is 0 Å². The first kappa shape index (κ1) is 8.92. The Bertz CT molecular complexity index is 71.5. The SMILES string of the molecule is CC(C)[NH2+]CC(C)(C)[NH3+]. The van der Waals surface area contributed by atoms with Gasteiger partial charge in [0.2, 0.25) is 0 Å². The van der Waals surface area contributed by atoms with Crippen molar-refractivity contribution in [1.29, 1.82) is 0 Å². The third-order valence-electron chi connectivity index (χ3n) is 1.14. The molecule has 0 aliphatic heterocycles. The van der Waals surface area contributed by atoms with Gasteiger partial charge in [0.1, 0.15) is 12.1 Å². The van der Waals surface area contributed by atoms with Crippen LogP contribution >= 0.6 is 0 Å². The highest BCUT2D eigenvalue weighted by atomic mass is 14.9. The summed E-state index contributed by atoms with van der Waals surface area (Å²) in [5.41, 5.74) is 4.24. The van der Waals surface area contributed by atoms with Crippen molar-refractivity contribution in [2.75, 3.05) is 6.54 Å². The maximum atomic E-state index is 4.01. The minimum atomic E-state index is 0.226. The van der Waals surface area contributed by atoms with Crippen LogP contribution in [0, 0.1) is 0 Å². The quantitative estimate of drug-likeness (QED) is 0.494. The predicted molar refractivity (Wildman–Crippen MR) is 38.9 cm³/mol. The molecular weight excluding hydrogens is 112 g/mol. The van der Waals surface area contributed by atoms with Gasteiger partial charge in [-0.2, -0.15) is 0 Å². The van der Waals surface area contributed by atoms with Gasteiger partial charge in [-0.15, -0.1) is 0 Å². The zero-order valence-electron chi connectivity index (χ0n) is 7.07. The topological polar surface area (TPSA) is 44.2 Å². The smallest absolute Gasteiger partial charge is 0.138 e. The van der Waals surface area contributed by atoms with Crippen LogP contribution in [0.2, 0.25) is 0 Å². The van der Waals surface area contributed by atoms with E-state index in [1.165, 1.54) is 0 Å². The van der Waals surface area contributed by atoms with Crippen LogP contribution in [0.1, 0.15) is 27.7 Å². The lowest BCUT2D eigenvalue weighted by Gasteiger charge is -2.14. The lowest BCUT2D eigenvalue weighted by molar-refractivity contribution is -0.715. The number of quaternary nitrogens is 2. The zero-order chi connectivity index (χ0) is 7.49. The van der Waals surface area contributed by atoms with E-state index in [1.807, 2.05) is 0 Å². The summed E-state index contributed by atoms with van der Waals surface area (Å²) in [6, 6.07) is 0.700. The standard InChI is InChI=1S/C7H18N2/c1-6(2)9-5-7(3,4)8/h6,9H,5,8H2,1-4H3/p+2. The van der Waals surface area contributed by atoms with E-state index in [4.69, 9.17) is 0 Å².